The Morgan fingerprint density at radius 1 is 1.00 bits per heavy atom. The predicted octanol–water partition coefficient (Wildman–Crippen LogP) is 3.05. The summed E-state index contributed by atoms with van der Waals surface area (Å²) in [4.78, 5) is 24.9. The fourth-order valence-electron chi connectivity index (χ4n) is 4.90. The van der Waals surface area contributed by atoms with Crippen molar-refractivity contribution >= 4 is 16.9 Å². The van der Waals surface area contributed by atoms with E-state index in [4.69, 9.17) is 9.97 Å². The summed E-state index contributed by atoms with van der Waals surface area (Å²) in [5.74, 6) is 0.162. The van der Waals surface area contributed by atoms with Gasteiger partial charge in [-0.1, -0.05) is 32.9 Å². The predicted molar refractivity (Wildman–Crippen MR) is 90.3 cm³/mol. The molecule has 0 saturated heterocycles. The van der Waals surface area contributed by atoms with E-state index in [9.17, 15) is 4.79 Å². The highest BCUT2D eigenvalue weighted by atomic mass is 16.2. The molecule has 2 aromatic rings. The number of aromatic nitrogens is 2. The lowest BCUT2D eigenvalue weighted by Gasteiger charge is -2.40. The lowest BCUT2D eigenvalue weighted by molar-refractivity contribution is -0.138. The number of fused-ring (bicyclic) bond motifs is 6. The first-order chi connectivity index (χ1) is 10.8. The van der Waals surface area contributed by atoms with Crippen LogP contribution in [0.15, 0.2) is 24.3 Å². The normalized spacial score (nSPS) is 30.5. The van der Waals surface area contributed by atoms with Crippen LogP contribution in [0.4, 0.5) is 0 Å². The molecule has 1 heterocycles. The van der Waals surface area contributed by atoms with Gasteiger partial charge in [0, 0.05) is 19.5 Å². The van der Waals surface area contributed by atoms with Gasteiger partial charge in [0.15, 0.2) is 0 Å². The van der Waals surface area contributed by atoms with Gasteiger partial charge in [-0.25, -0.2) is 9.97 Å². The van der Waals surface area contributed by atoms with Crippen LogP contribution in [-0.4, -0.2) is 34.9 Å². The van der Waals surface area contributed by atoms with Crippen molar-refractivity contribution in [1.29, 1.82) is 0 Å². The second-order valence-electron chi connectivity index (χ2n) is 7.97. The van der Waals surface area contributed by atoms with Crippen LogP contribution >= 0.6 is 0 Å². The third-order valence-electron chi connectivity index (χ3n) is 6.72. The number of carbonyl (C=O) groups is 1. The minimum absolute atomic E-state index is 0.106. The van der Waals surface area contributed by atoms with Crippen molar-refractivity contribution in [3.8, 4) is 0 Å². The molecule has 4 nitrogen and oxygen atoms in total. The van der Waals surface area contributed by atoms with Gasteiger partial charge in [-0.05, 0) is 30.4 Å². The van der Waals surface area contributed by atoms with Crippen LogP contribution in [0.1, 0.15) is 45.0 Å². The van der Waals surface area contributed by atoms with Crippen LogP contribution in [0.3, 0.4) is 0 Å². The van der Waals surface area contributed by atoms with Gasteiger partial charge >= 0.3 is 0 Å². The molecule has 0 aliphatic heterocycles. The van der Waals surface area contributed by atoms with Gasteiger partial charge in [0.05, 0.1) is 27.8 Å². The molecule has 1 saturated carbocycles. The zero-order valence-corrected chi connectivity index (χ0v) is 14.5. The lowest BCUT2D eigenvalue weighted by atomic mass is 9.63. The van der Waals surface area contributed by atoms with Crippen LogP contribution in [-0.2, 0) is 15.6 Å². The van der Waals surface area contributed by atoms with Gasteiger partial charge in [0.25, 0.3) is 0 Å². The molecule has 2 aliphatic carbocycles. The molecular weight excluding hydrogens is 286 g/mol. The highest BCUT2D eigenvalue weighted by Gasteiger charge is 2.73. The number of carbonyl (C=O) groups excluding carboxylic acids is 1. The van der Waals surface area contributed by atoms with E-state index in [1.54, 1.807) is 4.90 Å². The average molecular weight is 309 g/mol. The van der Waals surface area contributed by atoms with Gasteiger partial charge in [-0.3, -0.25) is 4.79 Å². The molecule has 0 radical (unpaired) electrons. The molecule has 0 N–H and O–H groups in total. The molecule has 2 atom stereocenters. The topological polar surface area (TPSA) is 46.1 Å². The van der Waals surface area contributed by atoms with Crippen molar-refractivity contribution < 1.29 is 4.79 Å². The first-order valence-corrected chi connectivity index (χ1v) is 8.25. The Morgan fingerprint density at radius 2 is 1.57 bits per heavy atom. The minimum atomic E-state index is -0.558. The molecule has 0 unspecified atom stereocenters. The van der Waals surface area contributed by atoms with E-state index in [-0.39, 0.29) is 16.7 Å². The Morgan fingerprint density at radius 3 is 2.13 bits per heavy atom. The van der Waals surface area contributed by atoms with E-state index < -0.39 is 5.41 Å². The minimum Gasteiger partial charge on any atom is -0.348 e. The molecule has 1 aromatic carbocycles. The van der Waals surface area contributed by atoms with E-state index in [0.29, 0.717) is 0 Å². The van der Waals surface area contributed by atoms with Crippen LogP contribution in [0.2, 0.25) is 0 Å². The van der Waals surface area contributed by atoms with Crippen LogP contribution in [0.25, 0.3) is 11.0 Å². The quantitative estimate of drug-likeness (QED) is 0.813. The SMILES string of the molecule is CN(C)C(=O)[C@]12CC[C@@](C)(c3nc4ccccc4nc31)C2(C)C. The molecule has 23 heavy (non-hydrogen) atoms. The van der Waals surface area contributed by atoms with Crippen molar-refractivity contribution in [3.63, 3.8) is 0 Å². The standard InChI is InChI=1S/C19H23N3O/c1-17(2)18(3)10-11-19(17,16(23)22(4)5)15-14(18)20-12-8-6-7-9-13(12)21-15/h6-9H,10-11H2,1-5H3/t18-,19-/m0/s1. The molecule has 1 fully saturated rings. The van der Waals surface area contributed by atoms with Crippen LogP contribution < -0.4 is 0 Å². The molecular formula is C19H23N3O. The number of hydrogen-bond acceptors (Lipinski definition) is 3. The Hall–Kier alpha value is -1.97. The fraction of sp³-hybridized carbons (Fsp3) is 0.526. The summed E-state index contributed by atoms with van der Waals surface area (Å²) in [6, 6.07) is 7.96. The summed E-state index contributed by atoms with van der Waals surface area (Å²) in [5, 5.41) is 0. The summed E-state index contributed by atoms with van der Waals surface area (Å²) in [6.45, 7) is 6.69. The van der Waals surface area contributed by atoms with E-state index in [1.165, 1.54) is 0 Å². The average Bonchev–Trinajstić information content (AvgIpc) is 2.81. The van der Waals surface area contributed by atoms with Crippen molar-refractivity contribution in [1.82, 2.24) is 14.9 Å². The van der Waals surface area contributed by atoms with E-state index in [1.807, 2.05) is 38.4 Å². The Labute approximate surface area is 136 Å². The molecule has 2 bridgehead atoms. The van der Waals surface area contributed by atoms with Gasteiger partial charge in [-0.2, -0.15) is 0 Å². The Kier molecular flexibility index (Phi) is 2.61. The van der Waals surface area contributed by atoms with E-state index in [0.717, 1.165) is 35.3 Å². The Balaban J connectivity index is 2.10. The molecule has 4 heteroatoms. The second kappa shape index (κ2) is 4.11. The molecule has 1 amide bonds. The number of para-hydroxylation sites is 2. The zero-order valence-electron chi connectivity index (χ0n) is 14.5. The van der Waals surface area contributed by atoms with Gasteiger partial charge < -0.3 is 4.90 Å². The summed E-state index contributed by atoms with van der Waals surface area (Å²) in [7, 11) is 3.69. The van der Waals surface area contributed by atoms with E-state index in [2.05, 4.69) is 20.8 Å². The largest absolute Gasteiger partial charge is 0.348 e. The summed E-state index contributed by atoms with van der Waals surface area (Å²) in [6.07, 6.45) is 1.84. The smallest absolute Gasteiger partial charge is 0.234 e. The van der Waals surface area contributed by atoms with Gasteiger partial charge in [0.1, 0.15) is 0 Å². The monoisotopic (exact) mass is 309 g/mol. The third-order valence-corrected chi connectivity index (χ3v) is 6.72. The van der Waals surface area contributed by atoms with Crippen molar-refractivity contribution in [2.24, 2.45) is 5.41 Å². The van der Waals surface area contributed by atoms with E-state index >= 15 is 0 Å². The first-order valence-electron chi connectivity index (χ1n) is 8.25. The third kappa shape index (κ3) is 1.41. The number of rotatable bonds is 1. The molecule has 2 aliphatic rings. The number of nitrogens with zero attached hydrogens (tertiary/aromatic N) is 3. The summed E-state index contributed by atoms with van der Waals surface area (Å²) < 4.78 is 0. The highest BCUT2D eigenvalue weighted by molar-refractivity contribution is 5.92. The summed E-state index contributed by atoms with van der Waals surface area (Å²) in [5.41, 5.74) is 2.88. The number of likely N-dealkylation sites (N-methyl/N-ethyl adjacent to an activating group) is 1. The number of hydrogen-bond donors (Lipinski definition) is 0. The van der Waals surface area contributed by atoms with Crippen LogP contribution in [0.5, 0.6) is 0 Å². The molecule has 120 valence electrons. The zero-order chi connectivity index (χ0) is 16.6. The molecule has 4 rings (SSSR count). The second-order valence-corrected chi connectivity index (χ2v) is 7.97. The van der Waals surface area contributed by atoms with Crippen molar-refractivity contribution in [2.45, 2.75) is 44.4 Å². The maximum atomic E-state index is 13.2. The highest BCUT2D eigenvalue weighted by Crippen LogP contribution is 2.70. The van der Waals surface area contributed by atoms with Crippen molar-refractivity contribution in [2.75, 3.05) is 14.1 Å². The number of benzene rings is 1. The van der Waals surface area contributed by atoms with Crippen molar-refractivity contribution in [3.05, 3.63) is 35.7 Å². The fourth-order valence-corrected chi connectivity index (χ4v) is 4.90. The maximum absolute atomic E-state index is 13.2. The molecule has 0 spiro atoms. The van der Waals surface area contributed by atoms with Gasteiger partial charge in [0.2, 0.25) is 5.91 Å². The Bertz CT molecular complexity index is 842. The maximum Gasteiger partial charge on any atom is 0.234 e. The lowest BCUT2D eigenvalue weighted by Crippen LogP contribution is -2.50. The first kappa shape index (κ1) is 14.6. The van der Waals surface area contributed by atoms with Crippen LogP contribution in [0, 0.1) is 5.41 Å². The van der Waals surface area contributed by atoms with Gasteiger partial charge in [-0.15, -0.1) is 0 Å². The molecule has 1 aromatic heterocycles. The summed E-state index contributed by atoms with van der Waals surface area (Å²) >= 11 is 0. The number of amides is 1.